The highest BCUT2D eigenvalue weighted by Gasteiger charge is 2.28. The fourth-order valence-electron chi connectivity index (χ4n) is 2.91. The number of amides is 1. The lowest BCUT2D eigenvalue weighted by atomic mass is 10.0. The molecule has 164 valence electrons. The second kappa shape index (κ2) is 9.08. The number of carbonyl (C=O) groups is 1. The molecular formula is C23H33N3O3S. The van der Waals surface area contributed by atoms with E-state index in [1.807, 2.05) is 52.0 Å². The van der Waals surface area contributed by atoms with Crippen molar-refractivity contribution in [2.24, 2.45) is 0 Å². The smallest absolute Gasteiger partial charge is 0.251 e. The van der Waals surface area contributed by atoms with Crippen molar-refractivity contribution in [3.8, 4) is 0 Å². The van der Waals surface area contributed by atoms with Crippen LogP contribution in [0.2, 0.25) is 0 Å². The Morgan fingerprint density at radius 3 is 2.00 bits per heavy atom. The standard InChI is InChI=1S/C23H33N3O3S/c1-15(2)25-22(27)19-12-16(3)21(17(4)13-19)24-14-18-8-10-20(11-9-18)26-30(28,29)23(5,6)7/h8-13,15,24,26H,14H2,1-7H3,(H,25,27). The van der Waals surface area contributed by atoms with E-state index in [-0.39, 0.29) is 11.9 Å². The molecule has 7 heteroatoms. The number of anilines is 2. The van der Waals surface area contributed by atoms with Gasteiger partial charge in [0.2, 0.25) is 10.0 Å². The molecule has 0 bridgehead atoms. The van der Waals surface area contributed by atoms with Crippen molar-refractivity contribution < 1.29 is 13.2 Å². The van der Waals surface area contributed by atoms with Gasteiger partial charge in [-0.05, 0) is 89.4 Å². The number of carbonyl (C=O) groups excluding carboxylic acids is 1. The summed E-state index contributed by atoms with van der Waals surface area (Å²) >= 11 is 0. The Labute approximate surface area is 180 Å². The maximum atomic E-state index is 12.3. The number of nitrogens with one attached hydrogen (secondary N) is 3. The molecule has 0 aliphatic carbocycles. The van der Waals surface area contributed by atoms with Crippen molar-refractivity contribution >= 4 is 27.3 Å². The van der Waals surface area contributed by atoms with Gasteiger partial charge in [0.1, 0.15) is 0 Å². The SMILES string of the molecule is Cc1cc(C(=O)NC(C)C)cc(C)c1NCc1ccc(NS(=O)(=O)C(C)(C)C)cc1. The topological polar surface area (TPSA) is 87.3 Å². The normalized spacial score (nSPS) is 12.0. The zero-order valence-electron chi connectivity index (χ0n) is 18.9. The summed E-state index contributed by atoms with van der Waals surface area (Å²) in [5, 5.41) is 6.34. The summed E-state index contributed by atoms with van der Waals surface area (Å²) < 4.78 is 26.3. The molecule has 2 rings (SSSR count). The summed E-state index contributed by atoms with van der Waals surface area (Å²) in [7, 11) is -3.45. The van der Waals surface area contributed by atoms with Gasteiger partial charge in [0.25, 0.3) is 5.91 Å². The molecule has 0 radical (unpaired) electrons. The molecule has 1 amide bonds. The van der Waals surface area contributed by atoms with Gasteiger partial charge in [0.15, 0.2) is 0 Å². The van der Waals surface area contributed by atoms with Crippen molar-refractivity contribution in [2.75, 3.05) is 10.0 Å². The van der Waals surface area contributed by atoms with Crippen LogP contribution in [0.4, 0.5) is 11.4 Å². The van der Waals surface area contributed by atoms with Gasteiger partial charge in [-0.25, -0.2) is 8.42 Å². The summed E-state index contributed by atoms with van der Waals surface area (Å²) in [5.74, 6) is -0.0731. The molecule has 0 saturated carbocycles. The van der Waals surface area contributed by atoms with E-state index in [9.17, 15) is 13.2 Å². The highest BCUT2D eigenvalue weighted by atomic mass is 32.2. The number of benzene rings is 2. The third-order valence-electron chi connectivity index (χ3n) is 4.70. The van der Waals surface area contributed by atoms with E-state index in [0.717, 1.165) is 22.4 Å². The summed E-state index contributed by atoms with van der Waals surface area (Å²) in [6.45, 7) is 13.4. The molecule has 6 nitrogen and oxygen atoms in total. The zero-order valence-corrected chi connectivity index (χ0v) is 19.7. The predicted octanol–water partition coefficient (Wildman–Crippen LogP) is 4.59. The first-order chi connectivity index (χ1) is 13.8. The molecular weight excluding hydrogens is 398 g/mol. The summed E-state index contributed by atoms with van der Waals surface area (Å²) in [5.41, 5.74) is 5.21. The van der Waals surface area contributed by atoms with Crippen LogP contribution in [-0.4, -0.2) is 25.1 Å². The van der Waals surface area contributed by atoms with Gasteiger partial charge in [0.05, 0.1) is 4.75 Å². The van der Waals surface area contributed by atoms with Gasteiger partial charge in [-0.3, -0.25) is 9.52 Å². The van der Waals surface area contributed by atoms with Crippen LogP contribution in [0.15, 0.2) is 36.4 Å². The number of sulfonamides is 1. The van der Waals surface area contributed by atoms with Gasteiger partial charge in [-0.15, -0.1) is 0 Å². The number of rotatable bonds is 7. The van der Waals surface area contributed by atoms with Gasteiger partial charge >= 0.3 is 0 Å². The average Bonchev–Trinajstić information content (AvgIpc) is 2.60. The number of aryl methyl sites for hydroxylation is 2. The van der Waals surface area contributed by atoms with E-state index >= 15 is 0 Å². The van der Waals surface area contributed by atoms with Crippen molar-refractivity contribution in [1.82, 2.24) is 5.32 Å². The van der Waals surface area contributed by atoms with Crippen LogP contribution in [0.1, 0.15) is 61.7 Å². The summed E-state index contributed by atoms with van der Waals surface area (Å²) in [4.78, 5) is 12.3. The molecule has 3 N–H and O–H groups in total. The van der Waals surface area contributed by atoms with Crippen molar-refractivity contribution in [3.63, 3.8) is 0 Å². The van der Waals surface area contributed by atoms with E-state index in [0.29, 0.717) is 17.8 Å². The zero-order chi connectivity index (χ0) is 22.7. The maximum Gasteiger partial charge on any atom is 0.251 e. The van der Waals surface area contributed by atoms with Crippen LogP contribution >= 0.6 is 0 Å². The molecule has 30 heavy (non-hydrogen) atoms. The van der Waals surface area contributed by atoms with E-state index < -0.39 is 14.8 Å². The Morgan fingerprint density at radius 2 is 1.53 bits per heavy atom. The molecule has 2 aromatic carbocycles. The van der Waals surface area contributed by atoms with Crippen LogP contribution in [0.25, 0.3) is 0 Å². The first-order valence-electron chi connectivity index (χ1n) is 10.1. The maximum absolute atomic E-state index is 12.3. The number of hydrogen-bond donors (Lipinski definition) is 3. The molecule has 0 saturated heterocycles. The molecule has 2 aromatic rings. The monoisotopic (exact) mass is 431 g/mol. The van der Waals surface area contributed by atoms with Crippen LogP contribution in [-0.2, 0) is 16.6 Å². The predicted molar refractivity (Wildman–Crippen MR) is 125 cm³/mol. The lowest BCUT2D eigenvalue weighted by molar-refractivity contribution is 0.0943. The first-order valence-corrected chi connectivity index (χ1v) is 11.6. The molecule has 0 atom stereocenters. The van der Waals surface area contributed by atoms with Crippen LogP contribution in [0, 0.1) is 13.8 Å². The Hall–Kier alpha value is -2.54. The molecule has 0 aromatic heterocycles. The average molecular weight is 432 g/mol. The van der Waals surface area contributed by atoms with Crippen LogP contribution < -0.4 is 15.4 Å². The molecule has 0 aliphatic rings. The van der Waals surface area contributed by atoms with Crippen LogP contribution in [0.3, 0.4) is 0 Å². The molecule has 0 aliphatic heterocycles. The largest absolute Gasteiger partial charge is 0.381 e. The third-order valence-corrected chi connectivity index (χ3v) is 6.81. The fraction of sp³-hybridized carbons (Fsp3) is 0.435. The van der Waals surface area contributed by atoms with E-state index in [1.54, 1.807) is 32.9 Å². The van der Waals surface area contributed by atoms with Crippen molar-refractivity contribution in [3.05, 3.63) is 58.7 Å². The Balaban J connectivity index is 2.08. The minimum atomic E-state index is -3.45. The van der Waals surface area contributed by atoms with Gasteiger partial charge < -0.3 is 10.6 Å². The van der Waals surface area contributed by atoms with E-state index in [1.165, 1.54) is 0 Å². The third kappa shape index (κ3) is 5.98. The van der Waals surface area contributed by atoms with E-state index in [4.69, 9.17) is 0 Å². The highest BCUT2D eigenvalue weighted by Crippen LogP contribution is 2.24. The molecule has 0 spiro atoms. The summed E-state index contributed by atoms with van der Waals surface area (Å²) in [6, 6.07) is 11.2. The lowest BCUT2D eigenvalue weighted by Crippen LogP contribution is -2.33. The Bertz CT molecular complexity index is 982. The lowest BCUT2D eigenvalue weighted by Gasteiger charge is -2.20. The molecule has 0 unspecified atom stereocenters. The summed E-state index contributed by atoms with van der Waals surface area (Å²) in [6.07, 6.45) is 0. The molecule has 0 fully saturated rings. The van der Waals surface area contributed by atoms with E-state index in [2.05, 4.69) is 15.4 Å². The molecule has 0 heterocycles. The van der Waals surface area contributed by atoms with Crippen molar-refractivity contribution in [2.45, 2.75) is 65.8 Å². The minimum absolute atomic E-state index is 0.0731. The van der Waals surface area contributed by atoms with Gasteiger partial charge in [0, 0.05) is 29.5 Å². The fourth-order valence-corrected chi connectivity index (χ4v) is 3.66. The quantitative estimate of drug-likeness (QED) is 0.598. The van der Waals surface area contributed by atoms with Crippen LogP contribution in [0.5, 0.6) is 0 Å². The van der Waals surface area contributed by atoms with Gasteiger partial charge in [-0.2, -0.15) is 0 Å². The highest BCUT2D eigenvalue weighted by molar-refractivity contribution is 7.94. The first kappa shape index (κ1) is 23.7. The second-order valence-electron chi connectivity index (χ2n) is 8.88. The second-order valence-corrected chi connectivity index (χ2v) is 11.3. The minimum Gasteiger partial charge on any atom is -0.381 e. The van der Waals surface area contributed by atoms with Crippen molar-refractivity contribution in [1.29, 1.82) is 0 Å². The Morgan fingerprint density at radius 1 is 1.00 bits per heavy atom. The number of hydrogen-bond acceptors (Lipinski definition) is 4. The van der Waals surface area contributed by atoms with Gasteiger partial charge in [-0.1, -0.05) is 12.1 Å². The Kier molecular flexibility index (Phi) is 7.18.